The van der Waals surface area contributed by atoms with Crippen LogP contribution >= 0.6 is 11.6 Å². The van der Waals surface area contributed by atoms with E-state index in [-0.39, 0.29) is 29.0 Å². The van der Waals surface area contributed by atoms with Crippen molar-refractivity contribution in [2.75, 3.05) is 46.0 Å². The van der Waals surface area contributed by atoms with E-state index in [1.807, 2.05) is 12.1 Å². The maximum Gasteiger partial charge on any atom is 0.290 e. The number of furan rings is 1. The number of nitrogens with zero attached hydrogens (tertiary/aromatic N) is 3. The summed E-state index contributed by atoms with van der Waals surface area (Å²) in [5.74, 6) is 0.0481. The highest BCUT2D eigenvalue weighted by Crippen LogP contribution is 2.32. The molecule has 1 amide bonds. The Balaban J connectivity index is 1.61. The molecule has 0 unspecified atom stereocenters. The van der Waals surface area contributed by atoms with Gasteiger partial charge in [-0.1, -0.05) is 6.07 Å². The largest absolute Gasteiger partial charge is 0.440 e. The molecule has 4 rings (SSSR count). The summed E-state index contributed by atoms with van der Waals surface area (Å²) < 4.78 is 16.9. The molecule has 2 aliphatic heterocycles. The molecular formula is C19H22ClN3O4. The van der Waals surface area contributed by atoms with Gasteiger partial charge in [-0.05, 0) is 35.4 Å². The van der Waals surface area contributed by atoms with Crippen LogP contribution in [0.15, 0.2) is 41.1 Å². The van der Waals surface area contributed by atoms with Crippen molar-refractivity contribution in [2.24, 2.45) is 0 Å². The second kappa shape index (κ2) is 8.39. The van der Waals surface area contributed by atoms with E-state index in [0.717, 1.165) is 38.4 Å². The Kier molecular flexibility index (Phi) is 5.73. The zero-order valence-electron chi connectivity index (χ0n) is 14.9. The molecule has 2 saturated heterocycles. The zero-order valence-corrected chi connectivity index (χ0v) is 15.7. The van der Waals surface area contributed by atoms with Crippen molar-refractivity contribution in [2.45, 2.75) is 12.1 Å². The highest BCUT2D eigenvalue weighted by Gasteiger charge is 2.38. The number of halogens is 1. The van der Waals surface area contributed by atoms with Gasteiger partial charge in [0, 0.05) is 38.6 Å². The minimum Gasteiger partial charge on any atom is -0.440 e. The summed E-state index contributed by atoms with van der Waals surface area (Å²) in [5, 5.41) is 0.203. The molecule has 8 heteroatoms. The van der Waals surface area contributed by atoms with Crippen LogP contribution in [0, 0.1) is 0 Å². The number of amides is 1. The van der Waals surface area contributed by atoms with Crippen LogP contribution in [0.25, 0.3) is 0 Å². The van der Waals surface area contributed by atoms with Gasteiger partial charge in [0.25, 0.3) is 5.91 Å². The third-order valence-electron chi connectivity index (χ3n) is 4.96. The topological polar surface area (TPSA) is 68.0 Å². The fourth-order valence-electron chi connectivity index (χ4n) is 3.67. The van der Waals surface area contributed by atoms with Gasteiger partial charge in [0.05, 0.1) is 32.0 Å². The fourth-order valence-corrected chi connectivity index (χ4v) is 3.81. The van der Waals surface area contributed by atoms with E-state index in [2.05, 4.69) is 9.88 Å². The SMILES string of the molecule is O=C(c1ccc(Cl)o1)N1CCO[C@@H](CN2CCOCC2)[C@@H]1c1cccnc1. The number of pyridine rings is 1. The Morgan fingerprint density at radius 2 is 2.04 bits per heavy atom. The first-order valence-corrected chi connectivity index (χ1v) is 9.48. The summed E-state index contributed by atoms with van der Waals surface area (Å²) in [6, 6.07) is 6.80. The van der Waals surface area contributed by atoms with Gasteiger partial charge in [0.1, 0.15) is 0 Å². The molecule has 2 aromatic rings. The molecule has 2 fully saturated rings. The van der Waals surface area contributed by atoms with Crippen molar-refractivity contribution in [1.82, 2.24) is 14.8 Å². The predicted octanol–water partition coefficient (Wildman–Crippen LogP) is 2.24. The molecule has 7 nitrogen and oxygen atoms in total. The number of aromatic nitrogens is 1. The van der Waals surface area contributed by atoms with Crippen molar-refractivity contribution in [1.29, 1.82) is 0 Å². The van der Waals surface area contributed by atoms with Crippen LogP contribution in [-0.2, 0) is 9.47 Å². The number of morpholine rings is 2. The molecule has 2 aromatic heterocycles. The number of hydrogen-bond donors (Lipinski definition) is 0. The van der Waals surface area contributed by atoms with Gasteiger partial charge >= 0.3 is 0 Å². The summed E-state index contributed by atoms with van der Waals surface area (Å²) in [6.45, 7) is 4.85. The molecule has 144 valence electrons. The van der Waals surface area contributed by atoms with Gasteiger partial charge < -0.3 is 18.8 Å². The lowest BCUT2D eigenvalue weighted by Gasteiger charge is -2.43. The molecule has 0 saturated carbocycles. The van der Waals surface area contributed by atoms with Crippen LogP contribution in [-0.4, -0.2) is 72.8 Å². The third-order valence-corrected chi connectivity index (χ3v) is 5.17. The van der Waals surface area contributed by atoms with E-state index in [9.17, 15) is 4.79 Å². The minimum absolute atomic E-state index is 0.157. The summed E-state index contributed by atoms with van der Waals surface area (Å²) in [6.07, 6.45) is 3.36. The summed E-state index contributed by atoms with van der Waals surface area (Å²) in [5.41, 5.74) is 0.946. The van der Waals surface area contributed by atoms with Crippen LogP contribution in [0.2, 0.25) is 5.22 Å². The van der Waals surface area contributed by atoms with E-state index in [4.69, 9.17) is 25.5 Å². The smallest absolute Gasteiger partial charge is 0.290 e. The van der Waals surface area contributed by atoms with E-state index in [1.165, 1.54) is 0 Å². The summed E-state index contributed by atoms with van der Waals surface area (Å²) >= 11 is 5.86. The normalized spacial score (nSPS) is 24.1. The Labute approximate surface area is 162 Å². The molecule has 27 heavy (non-hydrogen) atoms. The fraction of sp³-hybridized carbons (Fsp3) is 0.474. The number of rotatable bonds is 4. The highest BCUT2D eigenvalue weighted by molar-refractivity contribution is 6.29. The molecule has 0 spiro atoms. The molecular weight excluding hydrogens is 370 g/mol. The second-order valence-corrected chi connectivity index (χ2v) is 7.03. The minimum atomic E-state index is -0.244. The van der Waals surface area contributed by atoms with E-state index >= 15 is 0 Å². The molecule has 0 aromatic carbocycles. The average molecular weight is 392 g/mol. The highest BCUT2D eigenvalue weighted by atomic mass is 35.5. The van der Waals surface area contributed by atoms with Crippen molar-refractivity contribution in [3.05, 3.63) is 53.2 Å². The van der Waals surface area contributed by atoms with Crippen LogP contribution < -0.4 is 0 Å². The van der Waals surface area contributed by atoms with Crippen molar-refractivity contribution < 1.29 is 18.7 Å². The third kappa shape index (κ3) is 4.16. The van der Waals surface area contributed by atoms with Crippen LogP contribution in [0.1, 0.15) is 22.2 Å². The number of ether oxygens (including phenoxy) is 2. The van der Waals surface area contributed by atoms with Crippen molar-refractivity contribution >= 4 is 17.5 Å². The lowest BCUT2D eigenvalue weighted by molar-refractivity contribution is -0.0824. The van der Waals surface area contributed by atoms with Crippen LogP contribution in [0.3, 0.4) is 0 Å². The lowest BCUT2D eigenvalue weighted by Crippen LogP contribution is -2.53. The molecule has 2 aliphatic rings. The molecule has 2 atom stereocenters. The first-order valence-electron chi connectivity index (χ1n) is 9.10. The maximum absolute atomic E-state index is 13.1. The van der Waals surface area contributed by atoms with Gasteiger partial charge in [0.15, 0.2) is 11.0 Å². The Morgan fingerprint density at radius 1 is 1.19 bits per heavy atom. The summed E-state index contributed by atoms with van der Waals surface area (Å²) in [7, 11) is 0. The standard InChI is InChI=1S/C19H22ClN3O4/c20-17-4-3-15(27-17)19(24)23-8-11-26-16(13-22-6-9-25-10-7-22)18(23)14-2-1-5-21-12-14/h1-5,12,16,18H,6-11,13H2/t16-,18-/m0/s1. The second-order valence-electron chi connectivity index (χ2n) is 6.66. The molecule has 0 radical (unpaired) electrons. The predicted molar refractivity (Wildman–Crippen MR) is 98.7 cm³/mol. The molecule has 0 bridgehead atoms. The first-order chi connectivity index (χ1) is 13.2. The van der Waals surface area contributed by atoms with E-state index in [0.29, 0.717) is 13.2 Å². The van der Waals surface area contributed by atoms with Gasteiger partial charge in [-0.3, -0.25) is 14.7 Å². The summed E-state index contributed by atoms with van der Waals surface area (Å²) in [4.78, 5) is 21.5. The van der Waals surface area contributed by atoms with Gasteiger partial charge in [-0.2, -0.15) is 0 Å². The first kappa shape index (κ1) is 18.4. The van der Waals surface area contributed by atoms with Gasteiger partial charge in [-0.25, -0.2) is 0 Å². The number of carbonyl (C=O) groups is 1. The van der Waals surface area contributed by atoms with Gasteiger partial charge in [0.2, 0.25) is 0 Å². The van der Waals surface area contributed by atoms with Crippen LogP contribution in [0.4, 0.5) is 0 Å². The van der Waals surface area contributed by atoms with Gasteiger partial charge in [-0.15, -0.1) is 0 Å². The Hall–Kier alpha value is -1.93. The van der Waals surface area contributed by atoms with Crippen molar-refractivity contribution in [3.63, 3.8) is 0 Å². The Morgan fingerprint density at radius 3 is 2.74 bits per heavy atom. The molecule has 0 N–H and O–H groups in total. The van der Waals surface area contributed by atoms with Crippen LogP contribution in [0.5, 0.6) is 0 Å². The Bertz CT molecular complexity index is 763. The van der Waals surface area contributed by atoms with Crippen molar-refractivity contribution in [3.8, 4) is 0 Å². The maximum atomic E-state index is 13.1. The van der Waals surface area contributed by atoms with E-state index in [1.54, 1.807) is 29.4 Å². The zero-order chi connectivity index (χ0) is 18.6. The monoisotopic (exact) mass is 391 g/mol. The quantitative estimate of drug-likeness (QED) is 0.796. The number of hydrogen-bond acceptors (Lipinski definition) is 6. The number of carbonyl (C=O) groups excluding carboxylic acids is 1. The molecule has 4 heterocycles. The average Bonchev–Trinajstić information content (AvgIpc) is 3.15. The lowest BCUT2D eigenvalue weighted by atomic mass is 9.98. The van der Waals surface area contributed by atoms with E-state index < -0.39 is 0 Å². The molecule has 0 aliphatic carbocycles.